The van der Waals surface area contributed by atoms with Crippen LogP contribution in [0.5, 0.6) is 0 Å². The summed E-state index contributed by atoms with van der Waals surface area (Å²) in [6.07, 6.45) is 6.33. The molecule has 1 aliphatic carbocycles. The monoisotopic (exact) mass is 291 g/mol. The number of nitrogens with zero attached hydrogens (tertiary/aromatic N) is 1. The van der Waals surface area contributed by atoms with Crippen LogP contribution in [0.1, 0.15) is 49.2 Å². The Morgan fingerprint density at radius 2 is 1.89 bits per heavy atom. The molecule has 1 fully saturated rings. The maximum Gasteiger partial charge on any atom is 0.0932 e. The molecule has 2 aromatic rings. The summed E-state index contributed by atoms with van der Waals surface area (Å²) in [6, 6.07) is 8.18. The van der Waals surface area contributed by atoms with Crippen LogP contribution in [-0.4, -0.2) is 4.98 Å². The van der Waals surface area contributed by atoms with Gasteiger partial charge in [-0.05, 0) is 37.0 Å². The molecular weight excluding hydrogens is 274 g/mol. The van der Waals surface area contributed by atoms with Gasteiger partial charge in [-0.25, -0.2) is 4.98 Å². The molecule has 3 rings (SSSR count). The first-order valence-electron chi connectivity index (χ1n) is 7.03. The molecule has 0 aliphatic heterocycles. The van der Waals surface area contributed by atoms with Crippen molar-refractivity contribution < 1.29 is 0 Å². The first-order valence-corrected chi connectivity index (χ1v) is 8.23. The van der Waals surface area contributed by atoms with Gasteiger partial charge in [0, 0.05) is 10.9 Å². The van der Waals surface area contributed by atoms with Crippen LogP contribution in [0.4, 0.5) is 0 Å². The van der Waals surface area contributed by atoms with Crippen LogP contribution in [0.3, 0.4) is 0 Å². The number of halogens is 1. The Balaban J connectivity index is 2.03. The van der Waals surface area contributed by atoms with E-state index >= 15 is 0 Å². The average molecular weight is 292 g/mol. The molecular formula is C16H18ClNS. The van der Waals surface area contributed by atoms with Crippen LogP contribution >= 0.6 is 22.9 Å². The van der Waals surface area contributed by atoms with Gasteiger partial charge in [0.15, 0.2) is 0 Å². The van der Waals surface area contributed by atoms with E-state index in [1.165, 1.54) is 46.8 Å². The van der Waals surface area contributed by atoms with Gasteiger partial charge in [0.05, 0.1) is 15.6 Å². The van der Waals surface area contributed by atoms with E-state index in [0.29, 0.717) is 5.92 Å². The minimum absolute atomic E-state index is 0.669. The van der Waals surface area contributed by atoms with Crippen LogP contribution in [-0.2, 0) is 6.42 Å². The highest BCUT2D eigenvalue weighted by atomic mass is 35.5. The van der Waals surface area contributed by atoms with E-state index in [4.69, 9.17) is 16.6 Å². The third kappa shape index (κ3) is 2.70. The number of thiazole rings is 1. The summed E-state index contributed by atoms with van der Waals surface area (Å²) in [5.74, 6) is 0.669. The Kier molecular flexibility index (Phi) is 3.90. The molecule has 0 unspecified atom stereocenters. The van der Waals surface area contributed by atoms with E-state index in [-0.39, 0.29) is 0 Å². The van der Waals surface area contributed by atoms with Crippen LogP contribution in [0.2, 0.25) is 5.02 Å². The zero-order valence-corrected chi connectivity index (χ0v) is 12.7. The summed E-state index contributed by atoms with van der Waals surface area (Å²) in [4.78, 5) is 6.26. The zero-order valence-electron chi connectivity index (χ0n) is 11.2. The molecule has 1 nitrogen and oxygen atoms in total. The summed E-state index contributed by atoms with van der Waals surface area (Å²) in [5, 5.41) is 2.05. The van der Waals surface area contributed by atoms with Crippen LogP contribution in [0.25, 0.3) is 10.4 Å². The Labute approximate surface area is 123 Å². The van der Waals surface area contributed by atoms with Crippen molar-refractivity contribution in [3.8, 4) is 10.4 Å². The molecule has 1 aromatic heterocycles. The van der Waals surface area contributed by atoms with Gasteiger partial charge in [-0.15, -0.1) is 11.3 Å². The van der Waals surface area contributed by atoms with Gasteiger partial charge in [0.1, 0.15) is 0 Å². The molecule has 3 heteroatoms. The first-order chi connectivity index (χ1) is 9.28. The largest absolute Gasteiger partial charge is 0.245 e. The first kappa shape index (κ1) is 13.1. The normalized spacial score (nSPS) is 16.1. The van der Waals surface area contributed by atoms with Gasteiger partial charge in [0.2, 0.25) is 0 Å². The van der Waals surface area contributed by atoms with E-state index < -0.39 is 0 Å². The van der Waals surface area contributed by atoms with Crippen molar-refractivity contribution in [1.29, 1.82) is 0 Å². The van der Waals surface area contributed by atoms with Crippen molar-refractivity contribution in [2.45, 2.75) is 44.9 Å². The molecule has 1 saturated carbocycles. The number of aromatic nitrogens is 1. The van der Waals surface area contributed by atoms with Gasteiger partial charge in [-0.3, -0.25) is 0 Å². The molecule has 0 N–H and O–H groups in total. The topological polar surface area (TPSA) is 12.9 Å². The van der Waals surface area contributed by atoms with Gasteiger partial charge < -0.3 is 0 Å². The fourth-order valence-electron chi connectivity index (χ4n) is 2.81. The molecule has 0 bridgehead atoms. The molecule has 100 valence electrons. The summed E-state index contributed by atoms with van der Waals surface area (Å²) in [6.45, 7) is 2.18. The SMILES string of the molecule is CCc1nc(C2CCCC2)c(-c2ccc(Cl)cc2)s1. The predicted molar refractivity (Wildman–Crippen MR) is 83.1 cm³/mol. The van der Waals surface area contributed by atoms with Crippen LogP contribution in [0, 0.1) is 0 Å². The maximum atomic E-state index is 5.99. The summed E-state index contributed by atoms with van der Waals surface area (Å²) >= 11 is 7.84. The fraction of sp³-hybridized carbons (Fsp3) is 0.438. The number of aryl methyl sites for hydroxylation is 1. The van der Waals surface area contributed by atoms with E-state index in [9.17, 15) is 0 Å². The second-order valence-electron chi connectivity index (χ2n) is 5.16. The van der Waals surface area contributed by atoms with E-state index in [1.807, 2.05) is 23.5 Å². The summed E-state index contributed by atoms with van der Waals surface area (Å²) in [5.41, 5.74) is 2.60. The van der Waals surface area contributed by atoms with Crippen molar-refractivity contribution in [2.75, 3.05) is 0 Å². The minimum atomic E-state index is 0.669. The highest BCUT2D eigenvalue weighted by molar-refractivity contribution is 7.15. The lowest BCUT2D eigenvalue weighted by Gasteiger charge is -2.09. The fourth-order valence-corrected chi connectivity index (χ4v) is 4.03. The molecule has 0 atom stereocenters. The zero-order chi connectivity index (χ0) is 13.2. The maximum absolute atomic E-state index is 5.99. The summed E-state index contributed by atoms with van der Waals surface area (Å²) in [7, 11) is 0. The lowest BCUT2D eigenvalue weighted by atomic mass is 10.0. The standard InChI is InChI=1S/C16H18ClNS/c1-2-14-18-15(11-5-3-4-6-11)16(19-14)12-7-9-13(17)10-8-12/h7-11H,2-6H2,1H3. The molecule has 1 aliphatic rings. The smallest absolute Gasteiger partial charge is 0.0932 e. The number of benzene rings is 1. The van der Waals surface area contributed by atoms with Gasteiger partial charge in [0.25, 0.3) is 0 Å². The molecule has 0 spiro atoms. The second-order valence-corrected chi connectivity index (χ2v) is 6.68. The molecule has 0 amide bonds. The lowest BCUT2D eigenvalue weighted by Crippen LogP contribution is -1.95. The Morgan fingerprint density at radius 3 is 2.53 bits per heavy atom. The highest BCUT2D eigenvalue weighted by Crippen LogP contribution is 2.41. The van der Waals surface area contributed by atoms with Crippen molar-refractivity contribution in [1.82, 2.24) is 4.98 Å². The molecule has 0 radical (unpaired) electrons. The third-order valence-electron chi connectivity index (χ3n) is 3.85. The van der Waals surface area contributed by atoms with Gasteiger partial charge >= 0.3 is 0 Å². The quantitative estimate of drug-likeness (QED) is 0.708. The minimum Gasteiger partial charge on any atom is -0.245 e. The van der Waals surface area contributed by atoms with Gasteiger partial charge in [-0.2, -0.15) is 0 Å². The van der Waals surface area contributed by atoms with Crippen LogP contribution < -0.4 is 0 Å². The van der Waals surface area contributed by atoms with E-state index in [0.717, 1.165) is 11.4 Å². The van der Waals surface area contributed by atoms with E-state index in [2.05, 4.69) is 19.1 Å². The number of hydrogen-bond acceptors (Lipinski definition) is 2. The Hall–Kier alpha value is -0.860. The number of rotatable bonds is 3. The highest BCUT2D eigenvalue weighted by Gasteiger charge is 2.24. The molecule has 1 aromatic carbocycles. The third-order valence-corrected chi connectivity index (χ3v) is 5.36. The summed E-state index contributed by atoms with van der Waals surface area (Å²) < 4.78 is 0. The van der Waals surface area contributed by atoms with Crippen molar-refractivity contribution >= 4 is 22.9 Å². The Bertz CT molecular complexity index is 553. The van der Waals surface area contributed by atoms with Crippen molar-refractivity contribution in [2.24, 2.45) is 0 Å². The second kappa shape index (κ2) is 5.64. The molecule has 0 saturated heterocycles. The lowest BCUT2D eigenvalue weighted by molar-refractivity contribution is 0.701. The average Bonchev–Trinajstić information content (AvgIpc) is 3.08. The Morgan fingerprint density at radius 1 is 1.21 bits per heavy atom. The van der Waals surface area contributed by atoms with Crippen LogP contribution in [0.15, 0.2) is 24.3 Å². The van der Waals surface area contributed by atoms with E-state index in [1.54, 1.807) is 0 Å². The number of hydrogen-bond donors (Lipinski definition) is 0. The van der Waals surface area contributed by atoms with Gasteiger partial charge in [-0.1, -0.05) is 43.5 Å². The molecule has 1 heterocycles. The van der Waals surface area contributed by atoms with Crippen molar-refractivity contribution in [3.05, 3.63) is 40.0 Å². The molecule has 19 heavy (non-hydrogen) atoms. The predicted octanol–water partition coefficient (Wildman–Crippen LogP) is 5.68. The van der Waals surface area contributed by atoms with Crippen molar-refractivity contribution in [3.63, 3.8) is 0 Å².